The van der Waals surface area contributed by atoms with Gasteiger partial charge in [-0.25, -0.2) is 0 Å². The first-order chi connectivity index (χ1) is 5.52. The second kappa shape index (κ2) is 3.65. The SMILES string of the molecule is OC(N1CCNCC1)C(O)(O)O. The van der Waals surface area contributed by atoms with Crippen LogP contribution in [0.2, 0.25) is 0 Å². The second-order valence-electron chi connectivity index (χ2n) is 2.85. The van der Waals surface area contributed by atoms with Crippen LogP contribution in [0.25, 0.3) is 0 Å². The van der Waals surface area contributed by atoms with Crippen molar-refractivity contribution in [3.05, 3.63) is 0 Å². The van der Waals surface area contributed by atoms with Crippen LogP contribution in [0.5, 0.6) is 0 Å². The van der Waals surface area contributed by atoms with E-state index in [0.29, 0.717) is 26.2 Å². The van der Waals surface area contributed by atoms with Gasteiger partial charge in [-0.3, -0.25) is 4.90 Å². The van der Waals surface area contributed by atoms with E-state index in [1.807, 2.05) is 0 Å². The van der Waals surface area contributed by atoms with Gasteiger partial charge in [0.25, 0.3) is 0 Å². The van der Waals surface area contributed by atoms with Gasteiger partial charge >= 0.3 is 5.97 Å². The van der Waals surface area contributed by atoms with Crippen LogP contribution < -0.4 is 5.32 Å². The Morgan fingerprint density at radius 1 is 1.17 bits per heavy atom. The molecule has 0 aliphatic carbocycles. The average molecular weight is 178 g/mol. The van der Waals surface area contributed by atoms with Gasteiger partial charge < -0.3 is 25.7 Å². The van der Waals surface area contributed by atoms with Gasteiger partial charge in [-0.15, -0.1) is 0 Å². The average Bonchev–Trinajstić information content (AvgIpc) is 2.03. The fraction of sp³-hybridized carbons (Fsp3) is 1.00. The lowest BCUT2D eigenvalue weighted by molar-refractivity contribution is -0.380. The summed E-state index contributed by atoms with van der Waals surface area (Å²) in [7, 11) is 0. The summed E-state index contributed by atoms with van der Waals surface area (Å²) in [6.45, 7) is 2.27. The van der Waals surface area contributed by atoms with Crippen LogP contribution in [0.3, 0.4) is 0 Å². The number of hydrogen-bond donors (Lipinski definition) is 5. The molecule has 6 nitrogen and oxygen atoms in total. The number of nitrogens with zero attached hydrogens (tertiary/aromatic N) is 1. The third-order valence-electron chi connectivity index (χ3n) is 1.84. The highest BCUT2D eigenvalue weighted by atomic mass is 16.7. The molecular formula is C6H14N2O4. The number of aliphatic hydroxyl groups is 4. The molecule has 1 unspecified atom stereocenters. The maximum Gasteiger partial charge on any atom is 0.317 e. The van der Waals surface area contributed by atoms with Crippen molar-refractivity contribution in [2.45, 2.75) is 12.2 Å². The Kier molecular flexibility index (Phi) is 2.99. The van der Waals surface area contributed by atoms with Crippen molar-refractivity contribution in [1.29, 1.82) is 0 Å². The fourth-order valence-corrected chi connectivity index (χ4v) is 1.17. The minimum absolute atomic E-state index is 0.477. The van der Waals surface area contributed by atoms with Crippen molar-refractivity contribution in [2.75, 3.05) is 26.2 Å². The monoisotopic (exact) mass is 178 g/mol. The van der Waals surface area contributed by atoms with Crippen LogP contribution in [-0.2, 0) is 0 Å². The molecule has 72 valence electrons. The molecule has 0 aromatic heterocycles. The number of piperazine rings is 1. The van der Waals surface area contributed by atoms with Crippen LogP contribution in [0, 0.1) is 0 Å². The van der Waals surface area contributed by atoms with Gasteiger partial charge in [0.1, 0.15) is 0 Å². The molecule has 0 radical (unpaired) electrons. The molecule has 6 heteroatoms. The summed E-state index contributed by atoms with van der Waals surface area (Å²) < 4.78 is 0. The Morgan fingerprint density at radius 2 is 1.67 bits per heavy atom. The molecule has 1 aliphatic rings. The first kappa shape index (κ1) is 9.85. The summed E-state index contributed by atoms with van der Waals surface area (Å²) in [4.78, 5) is 1.39. The number of aliphatic hydroxyl groups excluding tert-OH is 1. The summed E-state index contributed by atoms with van der Waals surface area (Å²) in [6.07, 6.45) is -1.64. The molecule has 1 rings (SSSR count). The molecule has 0 aromatic carbocycles. The van der Waals surface area contributed by atoms with Gasteiger partial charge in [-0.05, 0) is 0 Å². The van der Waals surface area contributed by atoms with Crippen molar-refractivity contribution in [2.24, 2.45) is 0 Å². The van der Waals surface area contributed by atoms with E-state index in [1.165, 1.54) is 4.90 Å². The first-order valence-corrected chi connectivity index (χ1v) is 3.82. The molecule has 1 atom stereocenters. The van der Waals surface area contributed by atoms with Gasteiger partial charge in [-0.1, -0.05) is 0 Å². The zero-order valence-corrected chi connectivity index (χ0v) is 6.64. The highest BCUT2D eigenvalue weighted by molar-refractivity contribution is 4.73. The molecular weight excluding hydrogens is 164 g/mol. The molecule has 0 amide bonds. The van der Waals surface area contributed by atoms with Crippen LogP contribution in [0.4, 0.5) is 0 Å². The maximum absolute atomic E-state index is 9.16. The minimum Gasteiger partial charge on any atom is -0.371 e. The minimum atomic E-state index is -3.03. The number of nitrogens with one attached hydrogen (secondary N) is 1. The third-order valence-corrected chi connectivity index (χ3v) is 1.84. The van der Waals surface area contributed by atoms with Gasteiger partial charge in [-0.2, -0.15) is 0 Å². The van der Waals surface area contributed by atoms with E-state index >= 15 is 0 Å². The van der Waals surface area contributed by atoms with E-state index in [1.54, 1.807) is 0 Å². The van der Waals surface area contributed by atoms with E-state index in [2.05, 4.69) is 5.32 Å². The summed E-state index contributed by atoms with van der Waals surface area (Å²) in [6, 6.07) is 0. The summed E-state index contributed by atoms with van der Waals surface area (Å²) >= 11 is 0. The van der Waals surface area contributed by atoms with Crippen molar-refractivity contribution in [3.8, 4) is 0 Å². The Labute approximate surface area is 70.0 Å². The molecule has 5 N–H and O–H groups in total. The lowest BCUT2D eigenvalue weighted by Gasteiger charge is -2.35. The van der Waals surface area contributed by atoms with E-state index in [-0.39, 0.29) is 0 Å². The second-order valence-corrected chi connectivity index (χ2v) is 2.85. The van der Waals surface area contributed by atoms with Crippen LogP contribution >= 0.6 is 0 Å². The third kappa shape index (κ3) is 2.37. The largest absolute Gasteiger partial charge is 0.371 e. The van der Waals surface area contributed by atoms with E-state index in [4.69, 9.17) is 20.4 Å². The zero-order valence-electron chi connectivity index (χ0n) is 6.64. The van der Waals surface area contributed by atoms with E-state index in [0.717, 1.165) is 0 Å². The predicted octanol–water partition coefficient (Wildman–Crippen LogP) is -3.16. The molecule has 1 fully saturated rings. The van der Waals surface area contributed by atoms with Gasteiger partial charge in [0.05, 0.1) is 0 Å². The molecule has 1 saturated heterocycles. The van der Waals surface area contributed by atoms with Crippen molar-refractivity contribution < 1.29 is 20.4 Å². The molecule has 0 saturated carbocycles. The molecule has 12 heavy (non-hydrogen) atoms. The fourth-order valence-electron chi connectivity index (χ4n) is 1.17. The maximum atomic E-state index is 9.16. The Balaban J connectivity index is 2.45. The van der Waals surface area contributed by atoms with Gasteiger partial charge in [0.2, 0.25) is 0 Å². The summed E-state index contributed by atoms with van der Waals surface area (Å²) in [5.74, 6) is -3.03. The lowest BCUT2D eigenvalue weighted by Crippen LogP contribution is -2.57. The van der Waals surface area contributed by atoms with Crippen molar-refractivity contribution in [1.82, 2.24) is 10.2 Å². The van der Waals surface area contributed by atoms with Crippen LogP contribution in [0.15, 0.2) is 0 Å². The molecule has 0 bridgehead atoms. The van der Waals surface area contributed by atoms with E-state index < -0.39 is 12.2 Å². The number of rotatable bonds is 2. The van der Waals surface area contributed by atoms with Crippen LogP contribution in [0.1, 0.15) is 0 Å². The summed E-state index contributed by atoms with van der Waals surface area (Å²) in [5.41, 5.74) is 0. The normalized spacial score (nSPS) is 24.0. The molecule has 1 aliphatic heterocycles. The zero-order chi connectivity index (χ0) is 9.19. The standard InChI is InChI=1S/C6H14N2O4/c9-5(6(10,11)12)8-3-1-7-2-4-8/h5,7,9-12H,1-4H2. The molecule has 0 aromatic rings. The quantitative estimate of drug-likeness (QED) is 0.286. The molecule has 0 spiro atoms. The molecule has 1 heterocycles. The van der Waals surface area contributed by atoms with Crippen LogP contribution in [-0.4, -0.2) is 63.7 Å². The Hall–Kier alpha value is -0.240. The first-order valence-electron chi connectivity index (χ1n) is 3.82. The van der Waals surface area contributed by atoms with Crippen molar-refractivity contribution in [3.63, 3.8) is 0 Å². The van der Waals surface area contributed by atoms with Crippen molar-refractivity contribution >= 4 is 0 Å². The Bertz CT molecular complexity index is 141. The topological polar surface area (TPSA) is 96.2 Å². The van der Waals surface area contributed by atoms with Gasteiger partial charge in [0.15, 0.2) is 6.23 Å². The smallest absolute Gasteiger partial charge is 0.317 e. The lowest BCUT2D eigenvalue weighted by atomic mass is 10.3. The Morgan fingerprint density at radius 3 is 2.08 bits per heavy atom. The highest BCUT2D eigenvalue weighted by Gasteiger charge is 2.35. The van der Waals surface area contributed by atoms with E-state index in [9.17, 15) is 0 Å². The summed E-state index contributed by atoms with van der Waals surface area (Å²) in [5, 5.41) is 38.1. The highest BCUT2D eigenvalue weighted by Crippen LogP contribution is 2.08. The number of hydrogen-bond acceptors (Lipinski definition) is 6. The predicted molar refractivity (Wildman–Crippen MR) is 39.8 cm³/mol. The van der Waals surface area contributed by atoms with Gasteiger partial charge in [0, 0.05) is 26.2 Å².